The molecule has 1 aliphatic carbocycles. The quantitative estimate of drug-likeness (QED) is 0.514. The number of nitrogens with one attached hydrogen (secondary N) is 1. The second-order valence-corrected chi connectivity index (χ2v) is 9.59. The molecule has 192 valence electrons. The van der Waals surface area contributed by atoms with E-state index in [9.17, 15) is 23.1 Å². The molecule has 2 aliphatic rings. The van der Waals surface area contributed by atoms with E-state index < -0.39 is 24.0 Å². The Labute approximate surface area is 197 Å². The fourth-order valence-corrected chi connectivity index (χ4v) is 5.02. The summed E-state index contributed by atoms with van der Waals surface area (Å²) in [6, 6.07) is 0. The number of nitrogens with zero attached hydrogens (tertiary/aromatic N) is 4. The highest BCUT2D eigenvalue weighted by Crippen LogP contribution is 2.40. The van der Waals surface area contributed by atoms with E-state index in [2.05, 4.69) is 15.3 Å². The summed E-state index contributed by atoms with van der Waals surface area (Å²) in [6.07, 6.45) is -1.71. The highest BCUT2D eigenvalue weighted by atomic mass is 19.4. The van der Waals surface area contributed by atoms with E-state index in [1.54, 1.807) is 4.90 Å². The number of Topliss-reactive ketones (excluding diaryl/α,β-unsaturated/α-hetero) is 1. The first-order chi connectivity index (χ1) is 16.1. The standard InChI is InChI=1S/C23H35F4N5O2/c1-3-32(12-16-4-6-18(7-5-16)23(25,26)27)22-20(24)21(29-14-30-22)28-10-17-8-9-31(11-15(2)33)13-19(17)34/h14,16-19,34H,3-13H2,1-2H3,(H,28,29,30). The Morgan fingerprint density at radius 3 is 2.53 bits per heavy atom. The van der Waals surface area contributed by atoms with Crippen LogP contribution < -0.4 is 10.2 Å². The predicted molar refractivity (Wildman–Crippen MR) is 121 cm³/mol. The minimum absolute atomic E-state index is 0.0441. The number of aliphatic hydroxyl groups is 1. The molecule has 2 atom stereocenters. The summed E-state index contributed by atoms with van der Waals surface area (Å²) in [7, 11) is 0. The van der Waals surface area contributed by atoms with E-state index in [0.717, 1.165) is 0 Å². The summed E-state index contributed by atoms with van der Waals surface area (Å²) < 4.78 is 54.1. The Hall–Kier alpha value is -2.01. The molecule has 2 heterocycles. The number of rotatable bonds is 9. The van der Waals surface area contributed by atoms with Gasteiger partial charge in [0.05, 0.1) is 18.6 Å². The number of alkyl halides is 3. The molecule has 34 heavy (non-hydrogen) atoms. The van der Waals surface area contributed by atoms with Gasteiger partial charge in [-0.2, -0.15) is 17.6 Å². The smallest absolute Gasteiger partial charge is 0.391 e. The molecule has 0 bridgehead atoms. The number of likely N-dealkylation sites (tertiary alicyclic amines) is 1. The van der Waals surface area contributed by atoms with Crippen molar-refractivity contribution in [2.24, 2.45) is 17.8 Å². The van der Waals surface area contributed by atoms with Gasteiger partial charge in [-0.15, -0.1) is 0 Å². The molecule has 0 aromatic carbocycles. The van der Waals surface area contributed by atoms with Crippen molar-refractivity contribution < 1.29 is 27.5 Å². The Morgan fingerprint density at radius 2 is 1.94 bits per heavy atom. The summed E-state index contributed by atoms with van der Waals surface area (Å²) in [4.78, 5) is 23.1. The van der Waals surface area contributed by atoms with Gasteiger partial charge in [0.15, 0.2) is 11.6 Å². The highest BCUT2D eigenvalue weighted by molar-refractivity contribution is 5.77. The molecule has 2 fully saturated rings. The van der Waals surface area contributed by atoms with Crippen molar-refractivity contribution in [2.75, 3.05) is 49.5 Å². The number of carbonyl (C=O) groups is 1. The van der Waals surface area contributed by atoms with Crippen LogP contribution in [0.5, 0.6) is 0 Å². The van der Waals surface area contributed by atoms with Crippen LogP contribution in [-0.4, -0.2) is 77.3 Å². The maximum Gasteiger partial charge on any atom is 0.391 e. The van der Waals surface area contributed by atoms with Gasteiger partial charge in [0, 0.05) is 32.1 Å². The van der Waals surface area contributed by atoms with Crippen LogP contribution in [0.4, 0.5) is 29.2 Å². The average molecular weight is 490 g/mol. The minimum atomic E-state index is -4.15. The van der Waals surface area contributed by atoms with Crippen LogP contribution in [0.3, 0.4) is 0 Å². The van der Waals surface area contributed by atoms with Crippen LogP contribution >= 0.6 is 0 Å². The first kappa shape index (κ1) is 26.6. The topological polar surface area (TPSA) is 81.6 Å². The van der Waals surface area contributed by atoms with Gasteiger partial charge in [-0.1, -0.05) is 0 Å². The molecular weight excluding hydrogens is 454 g/mol. The van der Waals surface area contributed by atoms with Gasteiger partial charge in [0.1, 0.15) is 12.1 Å². The Balaban J connectivity index is 1.57. The maximum atomic E-state index is 15.3. The Morgan fingerprint density at radius 1 is 1.24 bits per heavy atom. The van der Waals surface area contributed by atoms with E-state index in [0.29, 0.717) is 58.5 Å². The fraction of sp³-hybridized carbons (Fsp3) is 0.783. The number of aromatic nitrogens is 2. The average Bonchev–Trinajstić information content (AvgIpc) is 2.77. The van der Waals surface area contributed by atoms with Crippen molar-refractivity contribution in [3.8, 4) is 0 Å². The van der Waals surface area contributed by atoms with Crippen LogP contribution in [0, 0.1) is 23.6 Å². The van der Waals surface area contributed by atoms with Crippen molar-refractivity contribution in [3.05, 3.63) is 12.1 Å². The van der Waals surface area contributed by atoms with Gasteiger partial charge in [0.25, 0.3) is 0 Å². The van der Waals surface area contributed by atoms with E-state index >= 15 is 4.39 Å². The third-order valence-corrected chi connectivity index (χ3v) is 7.02. The van der Waals surface area contributed by atoms with Gasteiger partial charge in [-0.05, 0) is 58.4 Å². The number of hydrogen-bond acceptors (Lipinski definition) is 7. The summed E-state index contributed by atoms with van der Waals surface area (Å²) in [6.45, 7) is 6.01. The van der Waals surface area contributed by atoms with Gasteiger partial charge >= 0.3 is 6.18 Å². The second kappa shape index (κ2) is 11.6. The number of carbonyl (C=O) groups excluding carboxylic acids is 1. The van der Waals surface area contributed by atoms with E-state index in [1.165, 1.54) is 13.3 Å². The zero-order valence-electron chi connectivity index (χ0n) is 19.8. The molecule has 7 nitrogen and oxygen atoms in total. The fourth-order valence-electron chi connectivity index (χ4n) is 5.02. The second-order valence-electron chi connectivity index (χ2n) is 9.59. The largest absolute Gasteiger partial charge is 0.391 e. The third kappa shape index (κ3) is 7.00. The van der Waals surface area contributed by atoms with Crippen molar-refractivity contribution in [1.29, 1.82) is 0 Å². The maximum absolute atomic E-state index is 15.3. The van der Waals surface area contributed by atoms with Crippen molar-refractivity contribution in [1.82, 2.24) is 14.9 Å². The van der Waals surface area contributed by atoms with Gasteiger partial charge < -0.3 is 15.3 Å². The molecule has 2 N–H and O–H groups in total. The molecule has 2 unspecified atom stereocenters. The van der Waals surface area contributed by atoms with Crippen LogP contribution in [0.1, 0.15) is 46.0 Å². The van der Waals surface area contributed by atoms with Crippen LogP contribution in [0.15, 0.2) is 6.33 Å². The molecule has 11 heteroatoms. The van der Waals surface area contributed by atoms with Crippen molar-refractivity contribution >= 4 is 17.4 Å². The first-order valence-electron chi connectivity index (χ1n) is 12.0. The Bertz CT molecular complexity index is 817. The number of aliphatic hydroxyl groups excluding tert-OH is 1. The van der Waals surface area contributed by atoms with Gasteiger partial charge in [-0.3, -0.25) is 9.69 Å². The molecule has 3 rings (SSSR count). The van der Waals surface area contributed by atoms with E-state index in [-0.39, 0.29) is 42.1 Å². The summed E-state index contributed by atoms with van der Waals surface area (Å²) in [5.74, 6) is -1.66. The van der Waals surface area contributed by atoms with Crippen molar-refractivity contribution in [3.63, 3.8) is 0 Å². The lowest BCUT2D eigenvalue weighted by molar-refractivity contribution is -0.183. The van der Waals surface area contributed by atoms with Crippen LogP contribution in [0.25, 0.3) is 0 Å². The Kier molecular flexibility index (Phi) is 9.08. The lowest BCUT2D eigenvalue weighted by Crippen LogP contribution is -2.47. The molecule has 1 saturated carbocycles. The van der Waals surface area contributed by atoms with Crippen LogP contribution in [0.2, 0.25) is 0 Å². The SMILES string of the molecule is CCN(CC1CCC(C(F)(F)F)CC1)c1ncnc(NCC2CCN(CC(C)=O)CC2O)c1F. The highest BCUT2D eigenvalue weighted by Gasteiger charge is 2.41. The molecule has 0 radical (unpaired) electrons. The lowest BCUT2D eigenvalue weighted by Gasteiger charge is -2.35. The lowest BCUT2D eigenvalue weighted by atomic mass is 9.81. The molecule has 1 aromatic rings. The molecule has 1 saturated heterocycles. The minimum Gasteiger partial charge on any atom is -0.391 e. The number of halogens is 4. The summed E-state index contributed by atoms with van der Waals surface area (Å²) in [5.41, 5.74) is 0. The monoisotopic (exact) mass is 489 g/mol. The zero-order valence-corrected chi connectivity index (χ0v) is 19.8. The molecule has 1 aromatic heterocycles. The van der Waals surface area contributed by atoms with Gasteiger partial charge in [-0.25, -0.2) is 9.97 Å². The first-order valence-corrected chi connectivity index (χ1v) is 12.0. The third-order valence-electron chi connectivity index (χ3n) is 7.02. The zero-order chi connectivity index (χ0) is 24.9. The molecule has 0 spiro atoms. The van der Waals surface area contributed by atoms with Crippen molar-refractivity contribution in [2.45, 2.75) is 58.2 Å². The number of piperidine rings is 1. The summed E-state index contributed by atoms with van der Waals surface area (Å²) in [5, 5.41) is 13.4. The molecule has 0 amide bonds. The normalized spacial score (nSPS) is 26.3. The van der Waals surface area contributed by atoms with E-state index in [4.69, 9.17) is 0 Å². The van der Waals surface area contributed by atoms with Gasteiger partial charge in [0.2, 0.25) is 5.82 Å². The number of hydrogen-bond donors (Lipinski definition) is 2. The molecular formula is C23H35F4N5O2. The van der Waals surface area contributed by atoms with Crippen LogP contribution in [-0.2, 0) is 4.79 Å². The predicted octanol–water partition coefficient (Wildman–Crippen LogP) is 3.49. The molecule has 1 aliphatic heterocycles. The summed E-state index contributed by atoms with van der Waals surface area (Å²) >= 11 is 0. The number of anilines is 2. The van der Waals surface area contributed by atoms with E-state index in [1.807, 2.05) is 11.8 Å². The number of β-amino-alcohol motifs (C(OH)–C–C–N with tert-alkyl or cyclic N) is 1. The number of ketones is 1.